The molecule has 1 aromatic rings. The van der Waals surface area contributed by atoms with Gasteiger partial charge in [-0.05, 0) is 49.8 Å². The van der Waals surface area contributed by atoms with Crippen LogP contribution in [0.25, 0.3) is 0 Å². The zero-order chi connectivity index (χ0) is 18.4. The Kier molecular flexibility index (Phi) is 7.18. The molecule has 25 heavy (non-hydrogen) atoms. The number of aliphatic hydroxyl groups excluding tert-OH is 1. The minimum Gasteiger partial charge on any atom is -0.490 e. The van der Waals surface area contributed by atoms with Crippen molar-refractivity contribution in [2.75, 3.05) is 32.8 Å². The van der Waals surface area contributed by atoms with Gasteiger partial charge < -0.3 is 14.6 Å². The van der Waals surface area contributed by atoms with Gasteiger partial charge in [-0.2, -0.15) is 4.31 Å². The van der Waals surface area contributed by atoms with Gasteiger partial charge in [0.05, 0.1) is 12.4 Å². The number of sulfonamides is 1. The van der Waals surface area contributed by atoms with Crippen molar-refractivity contribution in [2.45, 2.75) is 32.2 Å². The van der Waals surface area contributed by atoms with Crippen LogP contribution in [0.1, 0.15) is 37.8 Å². The van der Waals surface area contributed by atoms with Crippen molar-refractivity contribution >= 4 is 10.0 Å². The minimum atomic E-state index is -3.62. The topological polar surface area (TPSA) is 76.1 Å². The quantitative estimate of drug-likeness (QED) is 0.601. The van der Waals surface area contributed by atoms with Gasteiger partial charge in [-0.1, -0.05) is 6.07 Å². The van der Waals surface area contributed by atoms with Gasteiger partial charge in [-0.15, -0.1) is 0 Å². The van der Waals surface area contributed by atoms with Crippen LogP contribution in [0, 0.1) is 11.7 Å². The fraction of sp³-hybridized carbons (Fsp3) is 0.647. The molecule has 142 valence electrons. The molecule has 0 aliphatic heterocycles. The summed E-state index contributed by atoms with van der Waals surface area (Å²) in [7, 11) is -2.21. The Labute approximate surface area is 148 Å². The maximum absolute atomic E-state index is 13.9. The lowest BCUT2D eigenvalue weighted by Crippen LogP contribution is -2.37. The number of halogens is 1. The number of aliphatic hydroxyl groups is 1. The van der Waals surface area contributed by atoms with Crippen LogP contribution in [0.3, 0.4) is 0 Å². The van der Waals surface area contributed by atoms with Crippen molar-refractivity contribution in [3.8, 4) is 5.75 Å². The first-order chi connectivity index (χ1) is 11.9. The maximum Gasteiger partial charge on any atom is 0.216 e. The van der Waals surface area contributed by atoms with Crippen LogP contribution < -0.4 is 4.74 Å². The number of hydrogen-bond donors (Lipinski definition) is 1. The monoisotopic (exact) mass is 375 g/mol. The number of ether oxygens (including phenoxy) is 2. The second-order valence-corrected chi connectivity index (χ2v) is 8.36. The fourth-order valence-corrected chi connectivity index (χ4v) is 4.07. The molecule has 0 saturated heterocycles. The predicted molar refractivity (Wildman–Crippen MR) is 92.2 cm³/mol. The maximum atomic E-state index is 13.9. The predicted octanol–water partition coefficient (Wildman–Crippen LogP) is 2.29. The Morgan fingerprint density at radius 2 is 2.12 bits per heavy atom. The highest BCUT2D eigenvalue weighted by molar-refractivity contribution is 7.89. The van der Waals surface area contributed by atoms with Crippen LogP contribution in [-0.2, 0) is 14.8 Å². The van der Waals surface area contributed by atoms with Gasteiger partial charge in [0.1, 0.15) is 6.73 Å². The molecule has 0 aromatic heterocycles. The Morgan fingerprint density at radius 1 is 1.40 bits per heavy atom. The summed E-state index contributed by atoms with van der Waals surface area (Å²) in [4.78, 5) is 0. The van der Waals surface area contributed by atoms with Gasteiger partial charge in [-0.3, -0.25) is 0 Å². The highest BCUT2D eigenvalue weighted by Crippen LogP contribution is 2.32. The molecular formula is C17H26FNO5S. The lowest BCUT2D eigenvalue weighted by molar-refractivity contribution is 0.0972. The summed E-state index contributed by atoms with van der Waals surface area (Å²) in [5.74, 6) is -0.00703. The Balaban J connectivity index is 2.19. The molecule has 1 atom stereocenters. The standard InChI is InChI=1S/C17H26FNO5S/c1-13(19(12-23-2)25(21,22)9-3-8-20)15-6-7-16(18)17(10-15)24-11-14-4-5-14/h6-7,10,13-14,20H,3-5,8-9,11-12H2,1-2H3. The SMILES string of the molecule is COCN(C(C)c1ccc(F)c(OCC2CC2)c1)S(=O)(=O)CCCO. The smallest absolute Gasteiger partial charge is 0.216 e. The summed E-state index contributed by atoms with van der Waals surface area (Å²) in [5, 5.41) is 8.90. The first-order valence-corrected chi connectivity index (χ1v) is 10.0. The second-order valence-electron chi connectivity index (χ2n) is 6.32. The van der Waals surface area contributed by atoms with Gasteiger partial charge in [0.25, 0.3) is 0 Å². The summed E-state index contributed by atoms with van der Waals surface area (Å²) in [6.45, 7) is 1.87. The van der Waals surface area contributed by atoms with E-state index in [2.05, 4.69) is 0 Å². The molecule has 6 nitrogen and oxygen atoms in total. The highest BCUT2D eigenvalue weighted by Gasteiger charge is 2.29. The van der Waals surface area contributed by atoms with Gasteiger partial charge in [0.15, 0.2) is 11.6 Å². The Morgan fingerprint density at radius 3 is 2.72 bits per heavy atom. The molecule has 1 N–H and O–H groups in total. The molecule has 1 fully saturated rings. The molecule has 1 unspecified atom stereocenters. The number of methoxy groups -OCH3 is 1. The molecule has 0 spiro atoms. The third-order valence-corrected chi connectivity index (χ3v) is 6.16. The molecule has 1 aromatic carbocycles. The largest absolute Gasteiger partial charge is 0.490 e. The summed E-state index contributed by atoms with van der Waals surface area (Å²) in [6.07, 6.45) is 2.35. The number of nitrogens with zero attached hydrogens (tertiary/aromatic N) is 1. The lowest BCUT2D eigenvalue weighted by atomic mass is 10.1. The van der Waals surface area contributed by atoms with E-state index in [4.69, 9.17) is 14.6 Å². The van der Waals surface area contributed by atoms with Crippen molar-refractivity contribution in [2.24, 2.45) is 5.92 Å². The van der Waals surface area contributed by atoms with Crippen molar-refractivity contribution in [1.29, 1.82) is 0 Å². The normalized spacial score (nSPS) is 16.2. The zero-order valence-corrected chi connectivity index (χ0v) is 15.5. The Bertz CT molecular complexity index is 663. The van der Waals surface area contributed by atoms with Crippen molar-refractivity contribution < 1.29 is 27.4 Å². The lowest BCUT2D eigenvalue weighted by Gasteiger charge is -2.28. The van der Waals surface area contributed by atoms with Gasteiger partial charge in [-0.25, -0.2) is 12.8 Å². The summed E-state index contributed by atoms with van der Waals surface area (Å²) in [6, 6.07) is 3.84. The molecule has 0 radical (unpaired) electrons. The highest BCUT2D eigenvalue weighted by atomic mass is 32.2. The van der Waals surface area contributed by atoms with Crippen LogP contribution in [0.2, 0.25) is 0 Å². The molecule has 0 amide bonds. The third kappa shape index (κ3) is 5.64. The van der Waals surface area contributed by atoms with Crippen LogP contribution >= 0.6 is 0 Å². The molecular weight excluding hydrogens is 349 g/mol. The average Bonchev–Trinajstić information content (AvgIpc) is 3.41. The van der Waals surface area contributed by atoms with Gasteiger partial charge in [0, 0.05) is 19.8 Å². The number of hydrogen-bond acceptors (Lipinski definition) is 5. The molecule has 1 saturated carbocycles. The van der Waals surface area contributed by atoms with E-state index in [-0.39, 0.29) is 31.3 Å². The van der Waals surface area contributed by atoms with E-state index in [9.17, 15) is 12.8 Å². The van der Waals surface area contributed by atoms with Crippen LogP contribution in [0.4, 0.5) is 4.39 Å². The molecule has 1 aliphatic rings. The van der Waals surface area contributed by atoms with E-state index in [1.807, 2.05) is 0 Å². The first kappa shape index (κ1) is 20.1. The molecule has 0 bridgehead atoms. The third-order valence-electron chi connectivity index (χ3n) is 4.22. The molecule has 0 heterocycles. The summed E-state index contributed by atoms with van der Waals surface area (Å²) in [5.41, 5.74) is 0.622. The van der Waals surface area contributed by atoms with Crippen molar-refractivity contribution in [1.82, 2.24) is 4.31 Å². The van der Waals surface area contributed by atoms with Crippen LogP contribution in [0.5, 0.6) is 5.75 Å². The summed E-state index contributed by atoms with van der Waals surface area (Å²) >= 11 is 0. The van der Waals surface area contributed by atoms with E-state index in [1.54, 1.807) is 19.1 Å². The van der Waals surface area contributed by atoms with E-state index >= 15 is 0 Å². The van der Waals surface area contributed by atoms with E-state index in [1.165, 1.54) is 17.5 Å². The fourth-order valence-electron chi connectivity index (χ4n) is 2.47. The van der Waals surface area contributed by atoms with E-state index in [0.29, 0.717) is 18.1 Å². The van der Waals surface area contributed by atoms with E-state index in [0.717, 1.165) is 12.8 Å². The zero-order valence-electron chi connectivity index (χ0n) is 14.7. The Hall–Kier alpha value is -1.22. The molecule has 2 rings (SSSR count). The van der Waals surface area contributed by atoms with Crippen LogP contribution in [0.15, 0.2) is 18.2 Å². The van der Waals surface area contributed by atoms with Crippen LogP contribution in [-0.4, -0.2) is 50.6 Å². The summed E-state index contributed by atoms with van der Waals surface area (Å²) < 4.78 is 50.7. The number of rotatable bonds is 11. The van der Waals surface area contributed by atoms with E-state index < -0.39 is 21.9 Å². The van der Waals surface area contributed by atoms with Crippen molar-refractivity contribution in [3.05, 3.63) is 29.6 Å². The number of benzene rings is 1. The van der Waals surface area contributed by atoms with Gasteiger partial charge in [0.2, 0.25) is 10.0 Å². The minimum absolute atomic E-state index is 0.120. The van der Waals surface area contributed by atoms with Crippen molar-refractivity contribution in [3.63, 3.8) is 0 Å². The second kappa shape index (κ2) is 8.93. The molecule has 1 aliphatic carbocycles. The average molecular weight is 375 g/mol. The van der Waals surface area contributed by atoms with Gasteiger partial charge >= 0.3 is 0 Å². The first-order valence-electron chi connectivity index (χ1n) is 8.40. The molecule has 8 heteroatoms.